The third-order valence-corrected chi connectivity index (χ3v) is 12.4. The average Bonchev–Trinajstić information content (AvgIpc) is 3.26. The fourth-order valence-corrected chi connectivity index (χ4v) is 9.34. The van der Waals surface area contributed by atoms with Crippen LogP contribution in [0, 0.1) is 0 Å². The Morgan fingerprint density at radius 1 is 0.656 bits per heavy atom. The molecule has 0 saturated heterocycles. The largest absolute Gasteiger partial charge is 0.110 e. The fraction of sp³-hybridized carbons (Fsp3) is 0.677. The molecule has 32 heavy (non-hydrogen) atoms. The maximum Gasteiger partial charge on any atom is 0.110 e. The molecule has 1 aliphatic rings. The number of hydrogen-bond acceptors (Lipinski definition) is 0. The van der Waals surface area contributed by atoms with Crippen LogP contribution in [0.25, 0.3) is 0 Å². The van der Waals surface area contributed by atoms with Crippen molar-refractivity contribution in [3.63, 3.8) is 0 Å². The van der Waals surface area contributed by atoms with Gasteiger partial charge in [0.1, 0.15) is 8.07 Å². The summed E-state index contributed by atoms with van der Waals surface area (Å²) in [5.41, 5.74) is 1.47. The first-order valence-electron chi connectivity index (χ1n) is 14.1. The molecule has 0 aliphatic heterocycles. The summed E-state index contributed by atoms with van der Waals surface area (Å²) in [7, 11) is -1.53. The quantitative estimate of drug-likeness (QED) is 0.145. The standard InChI is InChI=1S/C31H52Si/c1-4-5-6-7-8-9-10-11-12-13-14-15-16-17-18-22-27-32(3,30-23-20-19-21-24-30)31-26-25-29(2)28-31/h19-21,23-25,28H,4-18,22,26-27H2,1-3H3. The summed E-state index contributed by atoms with van der Waals surface area (Å²) < 4.78 is 0. The Bertz CT molecular complexity index is 656. The van der Waals surface area contributed by atoms with Crippen LogP contribution in [0.15, 0.2) is 53.3 Å². The Labute approximate surface area is 202 Å². The molecule has 0 nitrogen and oxygen atoms in total. The van der Waals surface area contributed by atoms with Crippen molar-refractivity contribution < 1.29 is 0 Å². The molecule has 0 spiro atoms. The monoisotopic (exact) mass is 452 g/mol. The highest BCUT2D eigenvalue weighted by molar-refractivity contribution is 6.96. The van der Waals surface area contributed by atoms with Gasteiger partial charge in [0.15, 0.2) is 0 Å². The highest BCUT2D eigenvalue weighted by Crippen LogP contribution is 2.31. The van der Waals surface area contributed by atoms with Crippen molar-refractivity contribution in [2.45, 2.75) is 136 Å². The van der Waals surface area contributed by atoms with E-state index in [-0.39, 0.29) is 0 Å². The lowest BCUT2D eigenvalue weighted by molar-refractivity contribution is 0.531. The first-order valence-corrected chi connectivity index (χ1v) is 16.8. The van der Waals surface area contributed by atoms with Gasteiger partial charge in [-0.05, 0) is 19.4 Å². The Hall–Kier alpha value is -1.08. The number of allylic oxidation sites excluding steroid dienone is 4. The van der Waals surface area contributed by atoms with Crippen LogP contribution in [0.1, 0.15) is 123 Å². The maximum atomic E-state index is 2.62. The van der Waals surface area contributed by atoms with Gasteiger partial charge in [0.25, 0.3) is 0 Å². The molecule has 180 valence electrons. The third-order valence-electron chi connectivity index (χ3n) is 7.70. The van der Waals surface area contributed by atoms with Crippen LogP contribution >= 0.6 is 0 Å². The van der Waals surface area contributed by atoms with Crippen LogP contribution in [0.5, 0.6) is 0 Å². The number of unbranched alkanes of at least 4 members (excludes halogenated alkanes) is 15. The van der Waals surface area contributed by atoms with Crippen molar-refractivity contribution in [3.05, 3.63) is 53.3 Å². The molecule has 0 aromatic heterocycles. The van der Waals surface area contributed by atoms with Crippen LogP contribution in [0.4, 0.5) is 0 Å². The van der Waals surface area contributed by atoms with E-state index in [1.165, 1.54) is 121 Å². The lowest BCUT2D eigenvalue weighted by Crippen LogP contribution is -2.46. The van der Waals surface area contributed by atoms with Gasteiger partial charge in [-0.2, -0.15) is 0 Å². The number of benzene rings is 1. The second kappa shape index (κ2) is 16.5. The van der Waals surface area contributed by atoms with E-state index >= 15 is 0 Å². The summed E-state index contributed by atoms with van der Waals surface area (Å²) in [6.07, 6.45) is 29.3. The van der Waals surface area contributed by atoms with Crippen LogP contribution in [-0.4, -0.2) is 8.07 Å². The van der Waals surface area contributed by atoms with Crippen molar-refractivity contribution >= 4 is 13.3 Å². The molecule has 2 rings (SSSR count). The van der Waals surface area contributed by atoms with Gasteiger partial charge in [-0.15, -0.1) is 0 Å². The van der Waals surface area contributed by atoms with E-state index in [4.69, 9.17) is 0 Å². The maximum absolute atomic E-state index is 2.62. The van der Waals surface area contributed by atoms with E-state index in [0.717, 1.165) is 0 Å². The molecule has 0 bridgehead atoms. The van der Waals surface area contributed by atoms with E-state index in [1.807, 2.05) is 0 Å². The molecule has 1 heteroatoms. The molecule has 1 atom stereocenters. The van der Waals surface area contributed by atoms with Crippen molar-refractivity contribution in [1.82, 2.24) is 0 Å². The van der Waals surface area contributed by atoms with E-state index in [9.17, 15) is 0 Å². The summed E-state index contributed by atoms with van der Waals surface area (Å²) in [5, 5.41) is 3.39. The van der Waals surface area contributed by atoms with Gasteiger partial charge in [-0.25, -0.2) is 0 Å². The number of hydrogen-bond donors (Lipinski definition) is 0. The van der Waals surface area contributed by atoms with Gasteiger partial charge in [-0.3, -0.25) is 0 Å². The first kappa shape index (κ1) is 27.2. The SMILES string of the molecule is CCCCCCCCCCCCCCCCCC[Si](C)(C1=CC(C)=CC1)c1ccccc1. The van der Waals surface area contributed by atoms with Gasteiger partial charge in [0.05, 0.1) is 0 Å². The Morgan fingerprint density at radius 3 is 1.56 bits per heavy atom. The Balaban J connectivity index is 1.51. The number of rotatable bonds is 19. The minimum atomic E-state index is -1.53. The molecule has 1 aliphatic carbocycles. The second-order valence-corrected chi connectivity index (χ2v) is 15.0. The average molecular weight is 453 g/mol. The predicted molar refractivity (Wildman–Crippen MR) is 149 cm³/mol. The van der Waals surface area contributed by atoms with Crippen LogP contribution in [0.3, 0.4) is 0 Å². The summed E-state index contributed by atoms with van der Waals surface area (Å²) in [6, 6.07) is 12.9. The van der Waals surface area contributed by atoms with Gasteiger partial charge in [-0.1, -0.05) is 175 Å². The molecule has 1 unspecified atom stereocenters. The highest BCUT2D eigenvalue weighted by Gasteiger charge is 2.33. The minimum absolute atomic E-state index is 1.20. The van der Waals surface area contributed by atoms with Crippen molar-refractivity contribution in [2.75, 3.05) is 0 Å². The summed E-state index contributed by atoms with van der Waals surface area (Å²) in [5.74, 6) is 0. The summed E-state index contributed by atoms with van der Waals surface area (Å²) in [6.45, 7) is 7.18. The molecule has 0 saturated carbocycles. The van der Waals surface area contributed by atoms with Crippen molar-refractivity contribution in [2.24, 2.45) is 0 Å². The summed E-state index contributed by atoms with van der Waals surface area (Å²) in [4.78, 5) is 0. The molecule has 0 amide bonds. The third kappa shape index (κ3) is 10.2. The molecule has 0 radical (unpaired) electrons. The smallest absolute Gasteiger partial charge is 0.0779 e. The van der Waals surface area contributed by atoms with Crippen LogP contribution in [0.2, 0.25) is 12.6 Å². The van der Waals surface area contributed by atoms with Gasteiger partial charge < -0.3 is 0 Å². The van der Waals surface area contributed by atoms with Gasteiger partial charge >= 0.3 is 0 Å². The lowest BCUT2D eigenvalue weighted by Gasteiger charge is -2.30. The van der Waals surface area contributed by atoms with Crippen LogP contribution in [-0.2, 0) is 0 Å². The van der Waals surface area contributed by atoms with Crippen LogP contribution < -0.4 is 5.19 Å². The molecule has 0 heterocycles. The van der Waals surface area contributed by atoms with E-state index in [2.05, 4.69) is 62.9 Å². The zero-order valence-corrected chi connectivity index (χ0v) is 22.8. The second-order valence-electron chi connectivity index (χ2n) is 10.6. The molecule has 0 fully saturated rings. The molecule has 1 aromatic rings. The van der Waals surface area contributed by atoms with Gasteiger partial charge in [0.2, 0.25) is 0 Å². The van der Waals surface area contributed by atoms with E-state index < -0.39 is 8.07 Å². The summed E-state index contributed by atoms with van der Waals surface area (Å²) >= 11 is 0. The minimum Gasteiger partial charge on any atom is -0.0779 e. The van der Waals surface area contributed by atoms with Gasteiger partial charge in [0, 0.05) is 0 Å². The Kier molecular flexibility index (Phi) is 14.0. The van der Waals surface area contributed by atoms with Crippen molar-refractivity contribution in [3.8, 4) is 0 Å². The molecular weight excluding hydrogens is 400 g/mol. The first-order chi connectivity index (χ1) is 15.7. The fourth-order valence-electron chi connectivity index (χ4n) is 5.37. The normalized spacial score (nSPS) is 15.5. The molecular formula is C31H52Si. The zero-order valence-electron chi connectivity index (χ0n) is 21.8. The Morgan fingerprint density at radius 2 is 1.12 bits per heavy atom. The lowest BCUT2D eigenvalue weighted by atomic mass is 10.0. The zero-order chi connectivity index (χ0) is 22.9. The van der Waals surface area contributed by atoms with E-state index in [1.54, 1.807) is 10.4 Å². The van der Waals surface area contributed by atoms with Crippen molar-refractivity contribution in [1.29, 1.82) is 0 Å². The predicted octanol–water partition coefficient (Wildman–Crippen LogP) is 10.0. The van der Waals surface area contributed by atoms with E-state index in [0.29, 0.717) is 0 Å². The topological polar surface area (TPSA) is 0 Å². The molecule has 1 aromatic carbocycles. The highest BCUT2D eigenvalue weighted by atomic mass is 28.3. The molecule has 0 N–H and O–H groups in total.